The van der Waals surface area contributed by atoms with E-state index in [4.69, 9.17) is 10.5 Å². The summed E-state index contributed by atoms with van der Waals surface area (Å²) in [6.45, 7) is 0. The van der Waals surface area contributed by atoms with Gasteiger partial charge in [-0.15, -0.1) is 0 Å². The lowest BCUT2D eigenvalue weighted by atomic mass is 10.0. The molecule has 0 aliphatic rings. The largest absolute Gasteiger partial charge is 0.496 e. The van der Waals surface area contributed by atoms with E-state index >= 15 is 0 Å². The van der Waals surface area contributed by atoms with Crippen molar-refractivity contribution in [3.05, 3.63) is 56.2 Å². The van der Waals surface area contributed by atoms with E-state index in [1.807, 2.05) is 0 Å². The minimum atomic E-state index is -0.565. The van der Waals surface area contributed by atoms with Crippen LogP contribution < -0.4 is 10.5 Å². The molecule has 0 saturated heterocycles. The first-order chi connectivity index (χ1) is 9.43. The van der Waals surface area contributed by atoms with Crippen LogP contribution in [0.5, 0.6) is 5.75 Å². The summed E-state index contributed by atoms with van der Waals surface area (Å²) in [7, 11) is 1.54. The Morgan fingerprint density at radius 2 is 1.90 bits per heavy atom. The normalized spacial score (nSPS) is 10.4. The number of anilines is 1. The molecule has 2 rings (SSSR count). The number of halogens is 3. The highest BCUT2D eigenvalue weighted by atomic mass is 79.9. The minimum Gasteiger partial charge on any atom is -0.496 e. The molecular formula is C14H10Br2FNO2. The van der Waals surface area contributed by atoms with Crippen LogP contribution >= 0.6 is 31.9 Å². The van der Waals surface area contributed by atoms with Gasteiger partial charge in [0.2, 0.25) is 0 Å². The average Bonchev–Trinajstić information content (AvgIpc) is 2.42. The first-order valence-electron chi connectivity index (χ1n) is 5.56. The van der Waals surface area contributed by atoms with Crippen LogP contribution in [-0.2, 0) is 0 Å². The van der Waals surface area contributed by atoms with Crippen LogP contribution in [-0.4, -0.2) is 12.9 Å². The third kappa shape index (κ3) is 2.86. The monoisotopic (exact) mass is 401 g/mol. The van der Waals surface area contributed by atoms with Gasteiger partial charge >= 0.3 is 0 Å². The molecule has 2 aromatic rings. The Morgan fingerprint density at radius 1 is 1.20 bits per heavy atom. The molecule has 0 radical (unpaired) electrons. The quantitative estimate of drug-likeness (QED) is 0.619. The van der Waals surface area contributed by atoms with Crippen LogP contribution in [0.3, 0.4) is 0 Å². The molecule has 0 spiro atoms. The molecule has 0 atom stereocenters. The second-order valence-corrected chi connectivity index (χ2v) is 5.74. The van der Waals surface area contributed by atoms with Crippen molar-refractivity contribution < 1.29 is 13.9 Å². The third-order valence-electron chi connectivity index (χ3n) is 2.74. The third-order valence-corrected chi connectivity index (χ3v) is 4.02. The number of carbonyl (C=O) groups excluding carboxylic acids is 1. The van der Waals surface area contributed by atoms with Gasteiger partial charge in [0.1, 0.15) is 11.6 Å². The Kier molecular flexibility index (Phi) is 4.45. The Morgan fingerprint density at radius 3 is 2.50 bits per heavy atom. The number of ketones is 1. The van der Waals surface area contributed by atoms with Gasteiger partial charge in [-0.25, -0.2) is 4.39 Å². The molecule has 20 heavy (non-hydrogen) atoms. The number of rotatable bonds is 3. The van der Waals surface area contributed by atoms with Gasteiger partial charge in [0.25, 0.3) is 0 Å². The van der Waals surface area contributed by atoms with Gasteiger partial charge in [-0.1, -0.05) is 0 Å². The molecule has 2 N–H and O–H groups in total. The standard InChI is InChI=1S/C14H10Br2FNO2/c1-20-13-3-2-7(4-10(13)16)14(19)8-5-12(18)11(17)6-9(8)15/h2-6H,18H2,1H3. The summed E-state index contributed by atoms with van der Waals surface area (Å²) in [5.74, 6) is -0.199. The van der Waals surface area contributed by atoms with Crippen molar-refractivity contribution in [2.24, 2.45) is 0 Å². The molecule has 0 aliphatic heterocycles. The van der Waals surface area contributed by atoms with Crippen molar-refractivity contribution in [1.82, 2.24) is 0 Å². The molecule has 0 bridgehead atoms. The summed E-state index contributed by atoms with van der Waals surface area (Å²) in [5, 5.41) is 0. The Bertz CT molecular complexity index is 689. The molecular weight excluding hydrogens is 393 g/mol. The fourth-order valence-corrected chi connectivity index (χ4v) is 2.74. The van der Waals surface area contributed by atoms with Crippen molar-refractivity contribution >= 4 is 43.3 Å². The van der Waals surface area contributed by atoms with Crippen LogP contribution in [0.2, 0.25) is 0 Å². The number of benzene rings is 2. The minimum absolute atomic E-state index is 0.0656. The van der Waals surface area contributed by atoms with Gasteiger partial charge in [-0.3, -0.25) is 4.79 Å². The predicted molar refractivity (Wildman–Crippen MR) is 82.6 cm³/mol. The average molecular weight is 403 g/mol. The van der Waals surface area contributed by atoms with Gasteiger partial charge in [0.15, 0.2) is 5.78 Å². The van der Waals surface area contributed by atoms with Gasteiger partial charge in [-0.05, 0) is 62.2 Å². The zero-order valence-electron chi connectivity index (χ0n) is 10.4. The maximum absolute atomic E-state index is 13.3. The summed E-state index contributed by atoms with van der Waals surface area (Å²) in [4.78, 5) is 12.4. The smallest absolute Gasteiger partial charge is 0.194 e. The molecule has 2 aromatic carbocycles. The van der Waals surface area contributed by atoms with E-state index < -0.39 is 5.82 Å². The van der Waals surface area contributed by atoms with Crippen molar-refractivity contribution in [2.75, 3.05) is 12.8 Å². The highest BCUT2D eigenvalue weighted by Crippen LogP contribution is 2.29. The summed E-state index contributed by atoms with van der Waals surface area (Å²) in [6, 6.07) is 7.46. The van der Waals surface area contributed by atoms with E-state index in [2.05, 4.69) is 31.9 Å². The van der Waals surface area contributed by atoms with Crippen LogP contribution in [0.25, 0.3) is 0 Å². The molecule has 3 nitrogen and oxygen atoms in total. The molecule has 0 fully saturated rings. The van der Waals surface area contributed by atoms with Crippen molar-refractivity contribution in [2.45, 2.75) is 0 Å². The van der Waals surface area contributed by atoms with Crippen LogP contribution in [0.4, 0.5) is 10.1 Å². The Balaban J connectivity index is 2.46. The Hall–Kier alpha value is -1.40. The summed E-state index contributed by atoms with van der Waals surface area (Å²) in [6.07, 6.45) is 0. The van der Waals surface area contributed by atoms with E-state index in [1.54, 1.807) is 25.3 Å². The summed E-state index contributed by atoms with van der Waals surface area (Å²) in [5.41, 5.74) is 6.19. The maximum atomic E-state index is 13.3. The molecule has 6 heteroatoms. The van der Waals surface area contributed by atoms with Crippen molar-refractivity contribution in [1.29, 1.82) is 0 Å². The zero-order chi connectivity index (χ0) is 14.9. The van der Waals surface area contributed by atoms with Crippen LogP contribution in [0.15, 0.2) is 39.3 Å². The van der Waals surface area contributed by atoms with Crippen molar-refractivity contribution in [3.8, 4) is 5.75 Å². The number of nitrogens with two attached hydrogens (primary N) is 1. The number of ether oxygens (including phenoxy) is 1. The number of methoxy groups -OCH3 is 1. The molecule has 0 unspecified atom stereocenters. The van der Waals surface area contributed by atoms with Gasteiger partial charge in [0.05, 0.1) is 17.3 Å². The first-order valence-corrected chi connectivity index (χ1v) is 7.15. The lowest BCUT2D eigenvalue weighted by molar-refractivity contribution is 0.103. The van der Waals surface area contributed by atoms with Gasteiger partial charge < -0.3 is 10.5 Å². The molecule has 104 valence electrons. The first kappa shape index (κ1) is 15.0. The zero-order valence-corrected chi connectivity index (χ0v) is 13.6. The molecule has 0 amide bonds. The number of nitrogen functional groups attached to an aromatic ring is 1. The lowest BCUT2D eigenvalue weighted by Gasteiger charge is -2.08. The van der Waals surface area contributed by atoms with Crippen LogP contribution in [0.1, 0.15) is 15.9 Å². The number of hydrogen-bond acceptors (Lipinski definition) is 3. The van der Waals surface area contributed by atoms with E-state index in [1.165, 1.54) is 12.1 Å². The molecule has 0 aliphatic carbocycles. The fraction of sp³-hybridized carbons (Fsp3) is 0.0714. The fourth-order valence-electron chi connectivity index (χ4n) is 1.70. The van der Waals surface area contributed by atoms with Gasteiger partial charge in [0, 0.05) is 15.6 Å². The number of hydrogen-bond donors (Lipinski definition) is 1. The molecule has 0 aromatic heterocycles. The predicted octanol–water partition coefficient (Wildman–Crippen LogP) is 4.17. The molecule has 0 heterocycles. The van der Waals surface area contributed by atoms with Crippen molar-refractivity contribution in [3.63, 3.8) is 0 Å². The Labute approximate surface area is 132 Å². The van der Waals surface area contributed by atoms with E-state index in [9.17, 15) is 9.18 Å². The maximum Gasteiger partial charge on any atom is 0.194 e. The lowest BCUT2D eigenvalue weighted by Crippen LogP contribution is -2.05. The highest BCUT2D eigenvalue weighted by molar-refractivity contribution is 9.10. The second-order valence-electron chi connectivity index (χ2n) is 4.03. The van der Waals surface area contributed by atoms with E-state index in [0.29, 0.717) is 25.8 Å². The summed E-state index contributed by atoms with van der Waals surface area (Å²) < 4.78 is 19.4. The SMILES string of the molecule is COc1ccc(C(=O)c2cc(N)c(F)cc2Br)cc1Br. The van der Waals surface area contributed by atoms with E-state index in [0.717, 1.165) is 0 Å². The molecule has 0 saturated carbocycles. The van der Waals surface area contributed by atoms with Crippen LogP contribution in [0, 0.1) is 5.82 Å². The second kappa shape index (κ2) is 5.93. The van der Waals surface area contributed by atoms with E-state index in [-0.39, 0.29) is 11.5 Å². The number of carbonyl (C=O) groups is 1. The van der Waals surface area contributed by atoms with Gasteiger partial charge in [-0.2, -0.15) is 0 Å². The summed E-state index contributed by atoms with van der Waals surface area (Å²) >= 11 is 6.49. The topological polar surface area (TPSA) is 52.3 Å². The highest BCUT2D eigenvalue weighted by Gasteiger charge is 2.16.